The maximum absolute atomic E-state index is 16.1. The van der Waals surface area contributed by atoms with Crippen molar-refractivity contribution in [2.45, 2.75) is 13.1 Å². The summed E-state index contributed by atoms with van der Waals surface area (Å²) in [5, 5.41) is 13.0. The monoisotopic (exact) mass is 532 g/mol. The van der Waals surface area contributed by atoms with E-state index in [1.165, 1.54) is 5.56 Å². The molecular formula is C29H21FN8S. The fourth-order valence-electron chi connectivity index (χ4n) is 4.66. The molecule has 10 heteroatoms. The van der Waals surface area contributed by atoms with Gasteiger partial charge in [0.05, 0.1) is 17.1 Å². The van der Waals surface area contributed by atoms with Crippen LogP contribution in [0.2, 0.25) is 0 Å². The first-order chi connectivity index (χ1) is 19.2. The summed E-state index contributed by atoms with van der Waals surface area (Å²) in [7, 11) is 0. The maximum atomic E-state index is 16.1. The Morgan fingerprint density at radius 3 is 2.67 bits per heavy atom. The van der Waals surface area contributed by atoms with Crippen molar-refractivity contribution < 1.29 is 4.39 Å². The molecule has 0 aliphatic rings. The lowest BCUT2D eigenvalue weighted by Crippen LogP contribution is -2.12. The number of hydrogen-bond donors (Lipinski definition) is 3. The average molecular weight is 533 g/mol. The van der Waals surface area contributed by atoms with Crippen LogP contribution in [0, 0.1) is 5.82 Å². The molecule has 0 saturated carbocycles. The van der Waals surface area contributed by atoms with Crippen molar-refractivity contribution in [2.24, 2.45) is 0 Å². The van der Waals surface area contributed by atoms with Crippen LogP contribution in [0.25, 0.3) is 55.3 Å². The molecule has 0 bridgehead atoms. The van der Waals surface area contributed by atoms with Crippen molar-refractivity contribution >= 4 is 33.4 Å². The lowest BCUT2D eigenvalue weighted by atomic mass is 10.1. The van der Waals surface area contributed by atoms with Crippen molar-refractivity contribution in [1.82, 2.24) is 40.4 Å². The molecule has 7 rings (SSSR count). The van der Waals surface area contributed by atoms with Gasteiger partial charge < -0.3 is 10.3 Å². The summed E-state index contributed by atoms with van der Waals surface area (Å²) in [5.74, 6) is -0.0554. The molecule has 39 heavy (non-hydrogen) atoms. The molecule has 7 aromatic rings. The number of aromatic nitrogens is 7. The molecule has 0 aliphatic carbocycles. The van der Waals surface area contributed by atoms with Gasteiger partial charge in [0.15, 0.2) is 17.3 Å². The van der Waals surface area contributed by atoms with E-state index in [0.717, 1.165) is 22.5 Å². The molecule has 0 fully saturated rings. The van der Waals surface area contributed by atoms with Gasteiger partial charge in [0.2, 0.25) is 0 Å². The van der Waals surface area contributed by atoms with Gasteiger partial charge in [0, 0.05) is 47.7 Å². The highest BCUT2D eigenvalue weighted by Crippen LogP contribution is 2.35. The summed E-state index contributed by atoms with van der Waals surface area (Å²) in [5.41, 5.74) is 6.05. The Morgan fingerprint density at radius 1 is 0.897 bits per heavy atom. The van der Waals surface area contributed by atoms with Crippen molar-refractivity contribution in [3.05, 3.63) is 102 Å². The van der Waals surface area contributed by atoms with E-state index in [0.29, 0.717) is 45.7 Å². The molecule has 0 radical (unpaired) electrons. The molecule has 0 atom stereocenters. The third-order valence-corrected chi connectivity index (χ3v) is 7.41. The van der Waals surface area contributed by atoms with Crippen LogP contribution in [0.5, 0.6) is 0 Å². The molecular weight excluding hydrogens is 511 g/mol. The van der Waals surface area contributed by atoms with Gasteiger partial charge in [0.25, 0.3) is 0 Å². The minimum Gasteiger partial charge on any atom is -0.321 e. The second-order valence-corrected chi connectivity index (χ2v) is 10.0. The summed E-state index contributed by atoms with van der Waals surface area (Å²) in [6, 6.07) is 18.0. The number of benzene rings is 1. The van der Waals surface area contributed by atoms with Gasteiger partial charge in [-0.25, -0.2) is 14.4 Å². The standard InChI is InChI=1S/C29H21FN8S/c30-24-23-21(16-34-25(24)19-11-18(14-32-15-19)13-31-12-17-5-2-1-3-6-17)37-38-27(23)29-35-26-20(22-7-4-10-39-22)8-9-33-28(26)36-29/h1-11,14-16,31H,12-13H2,(H,37,38)(H,33,35,36). The van der Waals surface area contributed by atoms with Gasteiger partial charge in [-0.3, -0.25) is 15.1 Å². The van der Waals surface area contributed by atoms with Crippen molar-refractivity contribution in [3.8, 4) is 33.2 Å². The van der Waals surface area contributed by atoms with Gasteiger partial charge in [-0.15, -0.1) is 11.3 Å². The van der Waals surface area contributed by atoms with Crippen LogP contribution in [0.15, 0.2) is 84.8 Å². The van der Waals surface area contributed by atoms with Gasteiger partial charge in [-0.2, -0.15) is 5.10 Å². The molecule has 0 aliphatic heterocycles. The molecule has 0 amide bonds. The Kier molecular flexibility index (Phi) is 5.87. The molecule has 6 heterocycles. The van der Waals surface area contributed by atoms with Crippen LogP contribution >= 0.6 is 11.3 Å². The van der Waals surface area contributed by atoms with Crippen molar-refractivity contribution in [2.75, 3.05) is 0 Å². The number of nitrogens with zero attached hydrogens (tertiary/aromatic N) is 5. The number of fused-ring (bicyclic) bond motifs is 2. The third-order valence-electron chi connectivity index (χ3n) is 6.51. The van der Waals surface area contributed by atoms with Crippen LogP contribution in [0.3, 0.4) is 0 Å². The number of halogens is 1. The molecule has 0 saturated heterocycles. The summed E-state index contributed by atoms with van der Waals surface area (Å²) >= 11 is 1.62. The first kappa shape index (κ1) is 23.3. The molecule has 8 nitrogen and oxygen atoms in total. The number of hydrogen-bond acceptors (Lipinski definition) is 7. The molecule has 0 spiro atoms. The van der Waals surface area contributed by atoms with Crippen LogP contribution < -0.4 is 5.32 Å². The second kappa shape index (κ2) is 9.82. The van der Waals surface area contributed by atoms with E-state index in [4.69, 9.17) is 4.98 Å². The minimum atomic E-state index is -0.487. The van der Waals surface area contributed by atoms with Gasteiger partial charge >= 0.3 is 0 Å². The summed E-state index contributed by atoms with van der Waals surface area (Å²) in [4.78, 5) is 22.2. The van der Waals surface area contributed by atoms with E-state index in [1.807, 2.05) is 47.8 Å². The Balaban J connectivity index is 1.23. The first-order valence-corrected chi connectivity index (χ1v) is 13.2. The maximum Gasteiger partial charge on any atom is 0.161 e. The highest BCUT2D eigenvalue weighted by Gasteiger charge is 2.21. The number of thiophene rings is 1. The molecule has 1 aromatic carbocycles. The predicted octanol–water partition coefficient (Wildman–Crippen LogP) is 6.12. The van der Waals surface area contributed by atoms with E-state index < -0.39 is 5.82 Å². The highest BCUT2D eigenvalue weighted by molar-refractivity contribution is 7.13. The van der Waals surface area contributed by atoms with E-state index >= 15 is 4.39 Å². The predicted molar refractivity (Wildman–Crippen MR) is 150 cm³/mol. The molecule has 190 valence electrons. The fourth-order valence-corrected chi connectivity index (χ4v) is 5.41. The second-order valence-electron chi connectivity index (χ2n) is 9.07. The normalized spacial score (nSPS) is 11.5. The Labute approximate surface area is 226 Å². The van der Waals surface area contributed by atoms with E-state index in [9.17, 15) is 0 Å². The Hall–Kier alpha value is -4.80. The SMILES string of the molecule is Fc1c(-c2cncc(CNCc3ccccc3)c2)ncc2[nH]nc(-c3nc4c(-c5cccs5)ccnc4[nH]3)c12. The zero-order valence-corrected chi connectivity index (χ0v) is 21.3. The fraction of sp³-hybridized carbons (Fsp3) is 0.0690. The zero-order valence-electron chi connectivity index (χ0n) is 20.5. The van der Waals surface area contributed by atoms with Crippen molar-refractivity contribution in [1.29, 1.82) is 0 Å². The van der Waals surface area contributed by atoms with Crippen LogP contribution in [0.1, 0.15) is 11.1 Å². The highest BCUT2D eigenvalue weighted by atomic mass is 32.1. The van der Waals surface area contributed by atoms with Crippen LogP contribution in [0.4, 0.5) is 4.39 Å². The number of imidazole rings is 1. The van der Waals surface area contributed by atoms with Gasteiger partial charge in [-0.1, -0.05) is 36.4 Å². The number of H-pyrrole nitrogens is 2. The Morgan fingerprint density at radius 2 is 1.79 bits per heavy atom. The molecule has 3 N–H and O–H groups in total. The van der Waals surface area contributed by atoms with E-state index in [2.05, 4.69) is 47.6 Å². The molecule has 0 unspecified atom stereocenters. The first-order valence-electron chi connectivity index (χ1n) is 12.3. The zero-order chi connectivity index (χ0) is 26.2. The summed E-state index contributed by atoms with van der Waals surface area (Å²) in [6.45, 7) is 1.32. The summed E-state index contributed by atoms with van der Waals surface area (Å²) < 4.78 is 16.1. The molecule has 6 aromatic heterocycles. The topological polar surface area (TPSA) is 108 Å². The van der Waals surface area contributed by atoms with Gasteiger partial charge in [-0.05, 0) is 34.7 Å². The van der Waals surface area contributed by atoms with Crippen LogP contribution in [-0.4, -0.2) is 35.1 Å². The van der Waals surface area contributed by atoms with Crippen LogP contribution in [-0.2, 0) is 13.1 Å². The largest absolute Gasteiger partial charge is 0.321 e. The summed E-state index contributed by atoms with van der Waals surface area (Å²) in [6.07, 6.45) is 6.71. The Bertz CT molecular complexity index is 1910. The minimum absolute atomic E-state index is 0.205. The third kappa shape index (κ3) is 4.35. The van der Waals surface area contributed by atoms with Crippen molar-refractivity contribution in [3.63, 3.8) is 0 Å². The van der Waals surface area contributed by atoms with E-state index in [1.54, 1.807) is 36.1 Å². The lowest BCUT2D eigenvalue weighted by Gasteiger charge is -2.08. The number of aromatic amines is 2. The quantitative estimate of drug-likeness (QED) is 0.228. The smallest absolute Gasteiger partial charge is 0.161 e. The van der Waals surface area contributed by atoms with Gasteiger partial charge in [0.1, 0.15) is 16.9 Å². The number of pyridine rings is 3. The number of rotatable bonds is 7. The average Bonchev–Trinajstić information content (AvgIpc) is 3.74. The lowest BCUT2D eigenvalue weighted by molar-refractivity contribution is 0.638. The van der Waals surface area contributed by atoms with E-state index in [-0.39, 0.29) is 5.69 Å². The number of nitrogens with one attached hydrogen (secondary N) is 3.